The first-order valence-electron chi connectivity index (χ1n) is 9.71. The van der Waals surface area contributed by atoms with Crippen LogP contribution in [0.2, 0.25) is 0 Å². The summed E-state index contributed by atoms with van der Waals surface area (Å²) in [6.07, 6.45) is 11.5. The summed E-state index contributed by atoms with van der Waals surface area (Å²) in [5, 5.41) is 13.1. The maximum absolute atomic E-state index is 4.64. The normalized spacial score (nSPS) is 12.8. The number of hydrogen-bond acceptors (Lipinski definition) is 4. The lowest BCUT2D eigenvalue weighted by molar-refractivity contribution is 0.785. The standard InChI is InChI=1S/C23H24N6/c1-4-15(12-24-6-3)9-16(5-2)19-11-18-22(14-26-19)28-29-23(18)20-10-17-7-8-25-13-21(17)27-20/h4-5,7-11,13-14,24,27H,1,6,12H2,2-3H3,(H,28,29)/b15-9+,16-5+. The number of pyridine rings is 2. The van der Waals surface area contributed by atoms with E-state index in [0.717, 1.165) is 63.1 Å². The van der Waals surface area contributed by atoms with E-state index in [-0.39, 0.29) is 0 Å². The fraction of sp³-hybridized carbons (Fsp3) is 0.174. The van der Waals surface area contributed by atoms with Gasteiger partial charge in [0.05, 0.1) is 34.8 Å². The van der Waals surface area contributed by atoms with E-state index in [2.05, 4.69) is 68.3 Å². The van der Waals surface area contributed by atoms with Crippen LogP contribution in [0, 0.1) is 0 Å². The summed E-state index contributed by atoms with van der Waals surface area (Å²) in [5.41, 5.74) is 6.78. The molecular formula is C23H24N6. The van der Waals surface area contributed by atoms with Crippen LogP contribution in [0.4, 0.5) is 0 Å². The molecule has 4 aromatic rings. The van der Waals surface area contributed by atoms with Crippen molar-refractivity contribution < 1.29 is 0 Å². The minimum atomic E-state index is 0.777. The summed E-state index contributed by atoms with van der Waals surface area (Å²) in [4.78, 5) is 12.2. The largest absolute Gasteiger partial charge is 0.352 e. The highest BCUT2D eigenvalue weighted by molar-refractivity contribution is 5.96. The molecule has 6 heteroatoms. The van der Waals surface area contributed by atoms with E-state index in [4.69, 9.17) is 0 Å². The minimum absolute atomic E-state index is 0.777. The quantitative estimate of drug-likeness (QED) is 0.406. The summed E-state index contributed by atoms with van der Waals surface area (Å²) in [5.74, 6) is 0. The van der Waals surface area contributed by atoms with Crippen molar-refractivity contribution >= 4 is 27.4 Å². The van der Waals surface area contributed by atoms with Gasteiger partial charge in [0.25, 0.3) is 0 Å². The van der Waals surface area contributed by atoms with Crippen LogP contribution in [0.1, 0.15) is 19.5 Å². The van der Waals surface area contributed by atoms with Crippen molar-refractivity contribution in [3.63, 3.8) is 0 Å². The molecule has 4 heterocycles. The van der Waals surface area contributed by atoms with Gasteiger partial charge in [0.1, 0.15) is 5.69 Å². The molecule has 0 saturated heterocycles. The number of aromatic amines is 2. The molecule has 0 amide bonds. The highest BCUT2D eigenvalue weighted by atomic mass is 15.1. The number of rotatable bonds is 7. The van der Waals surface area contributed by atoms with Crippen LogP contribution in [-0.4, -0.2) is 38.2 Å². The topological polar surface area (TPSA) is 82.3 Å². The van der Waals surface area contributed by atoms with E-state index in [1.807, 2.05) is 31.5 Å². The predicted octanol–water partition coefficient (Wildman–Crippen LogP) is 4.63. The third-order valence-electron chi connectivity index (χ3n) is 4.92. The fourth-order valence-electron chi connectivity index (χ4n) is 3.34. The average molecular weight is 384 g/mol. The first-order valence-corrected chi connectivity index (χ1v) is 9.71. The molecule has 0 fully saturated rings. The van der Waals surface area contributed by atoms with Gasteiger partial charge in [0, 0.05) is 23.5 Å². The summed E-state index contributed by atoms with van der Waals surface area (Å²) in [6, 6.07) is 6.16. The molecule has 0 aliphatic carbocycles. The molecule has 29 heavy (non-hydrogen) atoms. The maximum atomic E-state index is 4.64. The second-order valence-electron chi connectivity index (χ2n) is 6.78. The van der Waals surface area contributed by atoms with Crippen LogP contribution < -0.4 is 5.32 Å². The Morgan fingerprint density at radius 3 is 2.90 bits per heavy atom. The Morgan fingerprint density at radius 2 is 2.14 bits per heavy atom. The van der Waals surface area contributed by atoms with Gasteiger partial charge in [0.15, 0.2) is 0 Å². The Hall–Kier alpha value is -3.51. The van der Waals surface area contributed by atoms with E-state index < -0.39 is 0 Å². The van der Waals surface area contributed by atoms with E-state index in [9.17, 15) is 0 Å². The van der Waals surface area contributed by atoms with Gasteiger partial charge in [-0.05, 0) is 48.9 Å². The SMILES string of the molecule is C=C/C(=C\C(=C/C)c1cc2c(-c3cc4ccncc4[nH]3)n[nH]c2cn1)CNCC. The highest BCUT2D eigenvalue weighted by Crippen LogP contribution is 2.30. The van der Waals surface area contributed by atoms with Crippen molar-refractivity contribution in [2.75, 3.05) is 13.1 Å². The number of likely N-dealkylation sites (N-methyl/N-ethyl adjacent to an activating group) is 1. The molecular weight excluding hydrogens is 360 g/mol. The molecule has 0 bridgehead atoms. The molecule has 0 saturated carbocycles. The third kappa shape index (κ3) is 3.75. The van der Waals surface area contributed by atoms with Crippen molar-refractivity contribution in [2.45, 2.75) is 13.8 Å². The van der Waals surface area contributed by atoms with Crippen LogP contribution in [-0.2, 0) is 0 Å². The number of hydrogen-bond donors (Lipinski definition) is 3. The van der Waals surface area contributed by atoms with Gasteiger partial charge in [-0.3, -0.25) is 15.1 Å². The van der Waals surface area contributed by atoms with E-state index in [0.29, 0.717) is 0 Å². The van der Waals surface area contributed by atoms with Gasteiger partial charge in [-0.2, -0.15) is 5.10 Å². The fourth-order valence-corrected chi connectivity index (χ4v) is 3.34. The zero-order chi connectivity index (χ0) is 20.2. The number of allylic oxidation sites excluding steroid dienone is 3. The Balaban J connectivity index is 1.76. The Morgan fingerprint density at radius 1 is 1.24 bits per heavy atom. The first-order chi connectivity index (χ1) is 14.2. The molecule has 0 aromatic carbocycles. The number of H-pyrrole nitrogens is 2. The van der Waals surface area contributed by atoms with Gasteiger partial charge < -0.3 is 10.3 Å². The van der Waals surface area contributed by atoms with Gasteiger partial charge in [-0.1, -0.05) is 25.7 Å². The van der Waals surface area contributed by atoms with Crippen molar-refractivity contribution in [3.05, 3.63) is 72.9 Å². The Bertz CT molecular complexity index is 1190. The van der Waals surface area contributed by atoms with E-state index in [1.165, 1.54) is 0 Å². The molecule has 0 radical (unpaired) electrons. The predicted molar refractivity (Wildman–Crippen MR) is 119 cm³/mol. The van der Waals surface area contributed by atoms with Gasteiger partial charge in [-0.25, -0.2) is 0 Å². The summed E-state index contributed by atoms with van der Waals surface area (Å²) < 4.78 is 0. The van der Waals surface area contributed by atoms with Crippen molar-refractivity contribution in [1.29, 1.82) is 0 Å². The summed E-state index contributed by atoms with van der Waals surface area (Å²) >= 11 is 0. The van der Waals surface area contributed by atoms with Crippen LogP contribution in [0.15, 0.2) is 67.2 Å². The minimum Gasteiger partial charge on any atom is -0.352 e. The van der Waals surface area contributed by atoms with Gasteiger partial charge >= 0.3 is 0 Å². The molecule has 146 valence electrons. The number of nitrogens with zero attached hydrogens (tertiary/aromatic N) is 3. The van der Waals surface area contributed by atoms with Gasteiger partial charge in [0.2, 0.25) is 0 Å². The number of nitrogens with one attached hydrogen (secondary N) is 3. The van der Waals surface area contributed by atoms with E-state index >= 15 is 0 Å². The zero-order valence-corrected chi connectivity index (χ0v) is 16.7. The average Bonchev–Trinajstić information content (AvgIpc) is 3.37. The van der Waals surface area contributed by atoms with Gasteiger partial charge in [-0.15, -0.1) is 0 Å². The van der Waals surface area contributed by atoms with Crippen LogP contribution >= 0.6 is 0 Å². The molecule has 0 aliphatic rings. The van der Waals surface area contributed by atoms with Crippen molar-refractivity contribution in [1.82, 2.24) is 30.5 Å². The molecule has 4 rings (SSSR count). The molecule has 3 N–H and O–H groups in total. The highest BCUT2D eigenvalue weighted by Gasteiger charge is 2.13. The van der Waals surface area contributed by atoms with Crippen LogP contribution in [0.3, 0.4) is 0 Å². The molecule has 4 aromatic heterocycles. The molecule has 0 spiro atoms. The first kappa shape index (κ1) is 18.8. The lowest BCUT2D eigenvalue weighted by Crippen LogP contribution is -2.15. The molecule has 0 unspecified atom stereocenters. The smallest absolute Gasteiger partial charge is 0.116 e. The summed E-state index contributed by atoms with van der Waals surface area (Å²) in [6.45, 7) is 9.74. The van der Waals surface area contributed by atoms with Crippen molar-refractivity contribution in [2.24, 2.45) is 0 Å². The van der Waals surface area contributed by atoms with Crippen molar-refractivity contribution in [3.8, 4) is 11.4 Å². The summed E-state index contributed by atoms with van der Waals surface area (Å²) in [7, 11) is 0. The molecule has 6 nitrogen and oxygen atoms in total. The second-order valence-corrected chi connectivity index (χ2v) is 6.78. The molecule has 0 aliphatic heterocycles. The number of aromatic nitrogens is 5. The van der Waals surface area contributed by atoms with Crippen LogP contribution in [0.25, 0.3) is 38.8 Å². The third-order valence-corrected chi connectivity index (χ3v) is 4.92. The maximum Gasteiger partial charge on any atom is 0.116 e. The zero-order valence-electron chi connectivity index (χ0n) is 16.7. The number of fused-ring (bicyclic) bond motifs is 2. The van der Waals surface area contributed by atoms with Crippen LogP contribution in [0.5, 0.6) is 0 Å². The Labute approximate surface area is 169 Å². The lowest BCUT2D eigenvalue weighted by Gasteiger charge is -2.06. The Kier molecular flexibility index (Phi) is 5.35. The monoisotopic (exact) mass is 384 g/mol. The second kappa shape index (κ2) is 8.24. The lowest BCUT2D eigenvalue weighted by atomic mass is 10.1. The molecule has 0 atom stereocenters. The van der Waals surface area contributed by atoms with E-state index in [1.54, 1.807) is 6.20 Å².